The van der Waals surface area contributed by atoms with Gasteiger partial charge in [-0.3, -0.25) is 4.79 Å². The number of likely N-dealkylation sites (N-methyl/N-ethyl adjacent to an activating group) is 1. The molecular formula is C10H12FNO3S. The lowest BCUT2D eigenvalue weighted by atomic mass is 10.1. The number of sulfone groups is 1. The molecule has 0 aliphatic rings. The number of hydrogen-bond donors (Lipinski definition) is 1. The van der Waals surface area contributed by atoms with Gasteiger partial charge in [-0.2, -0.15) is 0 Å². The number of rotatable bonds is 4. The van der Waals surface area contributed by atoms with Gasteiger partial charge < -0.3 is 5.32 Å². The normalized spacial score (nSPS) is 11.4. The van der Waals surface area contributed by atoms with Gasteiger partial charge in [0.05, 0.1) is 6.54 Å². The van der Waals surface area contributed by atoms with E-state index in [2.05, 4.69) is 5.32 Å². The van der Waals surface area contributed by atoms with Gasteiger partial charge in [-0.05, 0) is 25.2 Å². The molecule has 0 fully saturated rings. The van der Waals surface area contributed by atoms with Gasteiger partial charge in [-0.25, -0.2) is 12.8 Å². The predicted octanol–water partition coefficient (Wildman–Crippen LogP) is 0.631. The number of nitrogens with one attached hydrogen (secondary N) is 1. The van der Waals surface area contributed by atoms with Crippen LogP contribution in [0.4, 0.5) is 4.39 Å². The fourth-order valence-electron chi connectivity index (χ4n) is 1.22. The van der Waals surface area contributed by atoms with Crippen LogP contribution in [-0.4, -0.2) is 34.0 Å². The summed E-state index contributed by atoms with van der Waals surface area (Å²) in [6.45, 7) is 0.0782. The molecule has 6 heteroatoms. The standard InChI is InChI=1S/C10H12FNO3S/c1-12-6-9(13)7-3-4-8(11)10(5-7)16(2,14)15/h3-5,12H,6H2,1-2H3. The Morgan fingerprint density at radius 1 is 1.44 bits per heavy atom. The zero-order chi connectivity index (χ0) is 12.3. The summed E-state index contributed by atoms with van der Waals surface area (Å²) >= 11 is 0. The molecule has 0 atom stereocenters. The van der Waals surface area contributed by atoms with E-state index in [9.17, 15) is 17.6 Å². The molecule has 0 saturated carbocycles. The van der Waals surface area contributed by atoms with Crippen molar-refractivity contribution in [2.24, 2.45) is 0 Å². The van der Waals surface area contributed by atoms with Crippen molar-refractivity contribution in [3.05, 3.63) is 29.6 Å². The van der Waals surface area contributed by atoms with Gasteiger partial charge in [0, 0.05) is 11.8 Å². The fraction of sp³-hybridized carbons (Fsp3) is 0.300. The van der Waals surface area contributed by atoms with Gasteiger partial charge >= 0.3 is 0 Å². The molecule has 0 aliphatic heterocycles. The predicted molar refractivity (Wildman–Crippen MR) is 57.8 cm³/mol. The Labute approximate surface area is 93.4 Å². The Morgan fingerprint density at radius 3 is 2.56 bits per heavy atom. The molecule has 0 bridgehead atoms. The van der Waals surface area contributed by atoms with E-state index in [1.54, 1.807) is 7.05 Å². The molecule has 1 aromatic carbocycles. The van der Waals surface area contributed by atoms with E-state index in [-0.39, 0.29) is 17.9 Å². The molecule has 4 nitrogen and oxygen atoms in total. The van der Waals surface area contributed by atoms with Gasteiger partial charge in [0.25, 0.3) is 0 Å². The summed E-state index contributed by atoms with van der Waals surface area (Å²) in [5, 5.41) is 2.65. The second-order valence-corrected chi connectivity index (χ2v) is 5.36. The molecule has 0 aromatic heterocycles. The van der Waals surface area contributed by atoms with Crippen LogP contribution in [0.25, 0.3) is 0 Å². The summed E-state index contributed by atoms with van der Waals surface area (Å²) in [5.41, 5.74) is 0.177. The third kappa shape index (κ3) is 2.86. The second kappa shape index (κ2) is 4.71. The molecule has 0 unspecified atom stereocenters. The number of benzene rings is 1. The largest absolute Gasteiger partial charge is 0.313 e. The maximum Gasteiger partial charge on any atom is 0.178 e. The smallest absolute Gasteiger partial charge is 0.178 e. The first kappa shape index (κ1) is 12.8. The maximum absolute atomic E-state index is 13.2. The summed E-state index contributed by atoms with van der Waals surface area (Å²) in [4.78, 5) is 11.0. The first-order chi connectivity index (χ1) is 7.36. The van der Waals surface area contributed by atoms with Crippen LogP contribution in [0.15, 0.2) is 23.1 Å². The van der Waals surface area contributed by atoms with Crippen LogP contribution in [0.5, 0.6) is 0 Å². The molecule has 0 aliphatic carbocycles. The van der Waals surface area contributed by atoms with Crippen LogP contribution in [0.1, 0.15) is 10.4 Å². The van der Waals surface area contributed by atoms with Gasteiger partial charge in [-0.15, -0.1) is 0 Å². The molecule has 0 spiro atoms. The Morgan fingerprint density at radius 2 is 2.06 bits per heavy atom. The highest BCUT2D eigenvalue weighted by Crippen LogP contribution is 2.16. The fourth-order valence-corrected chi connectivity index (χ4v) is 1.99. The Balaban J connectivity index is 3.23. The molecule has 1 rings (SSSR count). The van der Waals surface area contributed by atoms with Gasteiger partial charge in [0.1, 0.15) is 10.7 Å². The Bertz CT molecular complexity index is 511. The zero-order valence-corrected chi connectivity index (χ0v) is 9.77. The van der Waals surface area contributed by atoms with E-state index in [0.717, 1.165) is 18.4 Å². The minimum atomic E-state index is -3.65. The van der Waals surface area contributed by atoms with Crippen molar-refractivity contribution in [2.75, 3.05) is 19.8 Å². The van der Waals surface area contributed by atoms with E-state index in [4.69, 9.17) is 0 Å². The quantitative estimate of drug-likeness (QED) is 0.790. The van der Waals surface area contributed by atoms with E-state index in [1.807, 2.05) is 0 Å². The summed E-state index contributed by atoms with van der Waals surface area (Å²) in [6.07, 6.45) is 0.901. The van der Waals surface area contributed by atoms with Crippen molar-refractivity contribution in [1.29, 1.82) is 0 Å². The number of halogens is 1. The molecule has 0 heterocycles. The minimum absolute atomic E-state index is 0.0782. The van der Waals surface area contributed by atoms with Crippen LogP contribution in [-0.2, 0) is 9.84 Å². The molecular weight excluding hydrogens is 233 g/mol. The number of carbonyl (C=O) groups excluding carboxylic acids is 1. The van der Waals surface area contributed by atoms with Crippen molar-refractivity contribution in [1.82, 2.24) is 5.32 Å². The van der Waals surface area contributed by atoms with Gasteiger partial charge in [0.15, 0.2) is 15.6 Å². The first-order valence-corrected chi connectivity index (χ1v) is 6.43. The van der Waals surface area contributed by atoms with Crippen LogP contribution < -0.4 is 5.32 Å². The molecule has 0 radical (unpaired) electrons. The first-order valence-electron chi connectivity index (χ1n) is 4.53. The lowest BCUT2D eigenvalue weighted by Crippen LogP contribution is -2.19. The second-order valence-electron chi connectivity index (χ2n) is 3.37. The molecule has 1 aromatic rings. The highest BCUT2D eigenvalue weighted by molar-refractivity contribution is 7.90. The van der Waals surface area contributed by atoms with Crippen molar-refractivity contribution in [2.45, 2.75) is 4.90 Å². The van der Waals surface area contributed by atoms with Gasteiger partial charge in [-0.1, -0.05) is 0 Å². The molecule has 88 valence electrons. The average molecular weight is 245 g/mol. The lowest BCUT2D eigenvalue weighted by Gasteiger charge is -2.04. The summed E-state index contributed by atoms with van der Waals surface area (Å²) < 4.78 is 35.6. The van der Waals surface area contributed by atoms with Crippen LogP contribution >= 0.6 is 0 Å². The van der Waals surface area contributed by atoms with Crippen LogP contribution in [0, 0.1) is 5.82 Å². The van der Waals surface area contributed by atoms with Crippen LogP contribution in [0.2, 0.25) is 0 Å². The highest BCUT2D eigenvalue weighted by atomic mass is 32.2. The molecule has 0 saturated heterocycles. The van der Waals surface area contributed by atoms with E-state index < -0.39 is 20.5 Å². The van der Waals surface area contributed by atoms with Crippen molar-refractivity contribution in [3.63, 3.8) is 0 Å². The molecule has 0 amide bonds. The monoisotopic (exact) mass is 245 g/mol. The minimum Gasteiger partial charge on any atom is -0.313 e. The third-order valence-corrected chi connectivity index (χ3v) is 3.10. The zero-order valence-electron chi connectivity index (χ0n) is 8.95. The summed E-state index contributed by atoms with van der Waals surface area (Å²) in [6, 6.07) is 3.31. The van der Waals surface area contributed by atoms with Crippen molar-refractivity contribution >= 4 is 15.6 Å². The Hall–Kier alpha value is -1.27. The van der Waals surface area contributed by atoms with E-state index >= 15 is 0 Å². The lowest BCUT2D eigenvalue weighted by molar-refractivity contribution is 0.0993. The Kier molecular flexibility index (Phi) is 3.77. The number of ketones is 1. The topological polar surface area (TPSA) is 63.2 Å². The van der Waals surface area contributed by atoms with Crippen molar-refractivity contribution in [3.8, 4) is 0 Å². The average Bonchev–Trinajstić information content (AvgIpc) is 2.16. The van der Waals surface area contributed by atoms with Gasteiger partial charge in [0.2, 0.25) is 0 Å². The van der Waals surface area contributed by atoms with E-state index in [0.29, 0.717) is 0 Å². The van der Waals surface area contributed by atoms with Crippen molar-refractivity contribution < 1.29 is 17.6 Å². The summed E-state index contributed by atoms with van der Waals surface area (Å²) in [7, 11) is -2.06. The number of Topliss-reactive ketones (excluding diaryl/α,β-unsaturated/α-hetero) is 1. The highest BCUT2D eigenvalue weighted by Gasteiger charge is 2.16. The molecule has 16 heavy (non-hydrogen) atoms. The third-order valence-electron chi connectivity index (χ3n) is 1.99. The number of carbonyl (C=O) groups is 1. The number of hydrogen-bond acceptors (Lipinski definition) is 4. The summed E-state index contributed by atoms with van der Waals surface area (Å²) in [5.74, 6) is -1.13. The van der Waals surface area contributed by atoms with E-state index in [1.165, 1.54) is 6.07 Å². The van der Waals surface area contributed by atoms with Crippen LogP contribution in [0.3, 0.4) is 0 Å². The SMILES string of the molecule is CNCC(=O)c1ccc(F)c(S(C)(=O)=O)c1. The maximum atomic E-state index is 13.2. The molecule has 1 N–H and O–H groups in total.